The van der Waals surface area contributed by atoms with Crippen LogP contribution in [0.1, 0.15) is 23.6 Å². The number of hydrogen-bond donors (Lipinski definition) is 2. The van der Waals surface area contributed by atoms with Gasteiger partial charge in [0.05, 0.1) is 13.2 Å². The molecule has 1 rings (SSSR count). The average molecular weight is 383 g/mol. The second-order valence-corrected chi connectivity index (χ2v) is 5.18. The third kappa shape index (κ3) is 6.55. The first-order valence-corrected chi connectivity index (χ1v) is 6.60. The largest absolute Gasteiger partial charge is 0.383 e. The molecule has 0 aromatic carbocycles. The van der Waals surface area contributed by atoms with E-state index < -0.39 is 0 Å². The fourth-order valence-corrected chi connectivity index (χ4v) is 2.33. The number of halogens is 1. The van der Waals surface area contributed by atoms with E-state index in [9.17, 15) is 0 Å². The fourth-order valence-electron chi connectivity index (χ4n) is 1.45. The van der Waals surface area contributed by atoms with Crippen molar-refractivity contribution in [3.63, 3.8) is 0 Å². The average Bonchev–Trinajstić information content (AvgIpc) is 2.74. The fraction of sp³-hybridized carbons (Fsp3) is 0.583. The molecule has 1 heterocycles. The molecule has 0 fully saturated rings. The topological polar surface area (TPSA) is 59.6 Å². The molecule has 1 unspecified atom stereocenters. The van der Waals surface area contributed by atoms with Gasteiger partial charge in [-0.2, -0.15) is 0 Å². The number of aliphatic imine (C=N–C) groups is 1. The summed E-state index contributed by atoms with van der Waals surface area (Å²) in [6.45, 7) is 5.42. The first-order chi connectivity index (χ1) is 8.15. The van der Waals surface area contributed by atoms with Crippen molar-refractivity contribution in [2.24, 2.45) is 10.7 Å². The Morgan fingerprint density at radius 1 is 1.50 bits per heavy atom. The number of rotatable bonds is 6. The third-order valence-corrected chi connectivity index (χ3v) is 3.50. The molecule has 4 nitrogen and oxygen atoms in total. The molecule has 0 aliphatic rings. The molecule has 3 N–H and O–H groups in total. The summed E-state index contributed by atoms with van der Waals surface area (Å²) in [5.41, 5.74) is 5.78. The molecule has 0 saturated carbocycles. The number of thiophene rings is 1. The molecule has 0 saturated heterocycles. The van der Waals surface area contributed by atoms with Crippen molar-refractivity contribution in [1.82, 2.24) is 5.32 Å². The molecule has 0 aliphatic heterocycles. The van der Waals surface area contributed by atoms with E-state index in [2.05, 4.69) is 29.4 Å². The van der Waals surface area contributed by atoms with Gasteiger partial charge in [0.2, 0.25) is 0 Å². The molecular formula is C12H22IN3OS. The van der Waals surface area contributed by atoms with Gasteiger partial charge in [-0.25, -0.2) is 4.99 Å². The van der Waals surface area contributed by atoms with Gasteiger partial charge in [-0.3, -0.25) is 0 Å². The Bertz CT molecular complexity index is 368. The van der Waals surface area contributed by atoms with Gasteiger partial charge >= 0.3 is 0 Å². The van der Waals surface area contributed by atoms with Crippen LogP contribution in [0.3, 0.4) is 0 Å². The van der Waals surface area contributed by atoms with Crippen molar-refractivity contribution in [3.8, 4) is 0 Å². The lowest BCUT2D eigenvalue weighted by Crippen LogP contribution is -2.40. The highest BCUT2D eigenvalue weighted by Crippen LogP contribution is 2.17. The maximum absolute atomic E-state index is 5.78. The van der Waals surface area contributed by atoms with Gasteiger partial charge in [-0.05, 0) is 25.5 Å². The Labute approximate surface area is 130 Å². The summed E-state index contributed by atoms with van der Waals surface area (Å²) in [6.07, 6.45) is 1.08. The van der Waals surface area contributed by atoms with Crippen LogP contribution in [0.25, 0.3) is 0 Å². The van der Waals surface area contributed by atoms with E-state index in [1.54, 1.807) is 18.4 Å². The molecular weight excluding hydrogens is 361 g/mol. The van der Waals surface area contributed by atoms with E-state index in [0.29, 0.717) is 19.1 Å². The van der Waals surface area contributed by atoms with Gasteiger partial charge in [0.25, 0.3) is 0 Å². The Kier molecular flexibility index (Phi) is 9.39. The normalized spacial score (nSPS) is 12.9. The van der Waals surface area contributed by atoms with Crippen molar-refractivity contribution in [2.75, 3.05) is 13.7 Å². The number of nitrogens with zero attached hydrogens (tertiary/aromatic N) is 1. The predicted molar refractivity (Wildman–Crippen MR) is 88.9 cm³/mol. The summed E-state index contributed by atoms with van der Waals surface area (Å²) in [5, 5.41) is 3.08. The molecule has 0 spiro atoms. The van der Waals surface area contributed by atoms with Crippen molar-refractivity contribution in [3.05, 3.63) is 21.9 Å². The highest BCUT2D eigenvalue weighted by molar-refractivity contribution is 14.0. The van der Waals surface area contributed by atoms with Crippen LogP contribution in [-0.4, -0.2) is 25.7 Å². The second-order valence-electron chi connectivity index (χ2n) is 3.92. The Morgan fingerprint density at radius 3 is 2.72 bits per heavy atom. The summed E-state index contributed by atoms with van der Waals surface area (Å²) in [6, 6.07) is 4.43. The Hall–Kier alpha value is -0.340. The number of hydrogen-bond acceptors (Lipinski definition) is 3. The van der Waals surface area contributed by atoms with Gasteiger partial charge in [-0.1, -0.05) is 6.92 Å². The van der Waals surface area contributed by atoms with Gasteiger partial charge in [0.1, 0.15) is 0 Å². The lowest BCUT2D eigenvalue weighted by atomic mass is 10.3. The Balaban J connectivity index is 0.00000289. The van der Waals surface area contributed by atoms with E-state index in [0.717, 1.165) is 6.42 Å². The van der Waals surface area contributed by atoms with E-state index >= 15 is 0 Å². The minimum atomic E-state index is 0. The number of guanidine groups is 1. The molecule has 1 atom stereocenters. The van der Waals surface area contributed by atoms with E-state index in [1.165, 1.54) is 9.75 Å². The number of ether oxygens (including phenoxy) is 1. The number of methoxy groups -OCH3 is 1. The van der Waals surface area contributed by atoms with Gasteiger partial charge in [0, 0.05) is 22.9 Å². The number of nitrogens with one attached hydrogen (secondary N) is 1. The molecule has 0 aliphatic carbocycles. The smallest absolute Gasteiger partial charge is 0.189 e. The number of nitrogens with two attached hydrogens (primary N) is 1. The lowest BCUT2D eigenvalue weighted by molar-refractivity contribution is 0.179. The van der Waals surface area contributed by atoms with E-state index in [1.807, 2.05) is 6.92 Å². The zero-order chi connectivity index (χ0) is 12.7. The molecule has 104 valence electrons. The first kappa shape index (κ1) is 17.7. The first-order valence-electron chi connectivity index (χ1n) is 5.78. The minimum Gasteiger partial charge on any atom is -0.383 e. The summed E-state index contributed by atoms with van der Waals surface area (Å²) in [5.74, 6) is 0.473. The van der Waals surface area contributed by atoms with Crippen molar-refractivity contribution in [1.29, 1.82) is 0 Å². The predicted octanol–water partition coefficient (Wildman–Crippen LogP) is 2.37. The minimum absolute atomic E-state index is 0. The molecule has 0 radical (unpaired) electrons. The second kappa shape index (κ2) is 9.57. The van der Waals surface area contributed by atoms with Gasteiger partial charge in [-0.15, -0.1) is 35.3 Å². The molecule has 0 bridgehead atoms. The molecule has 0 amide bonds. The molecule has 1 aromatic heterocycles. The van der Waals surface area contributed by atoms with Crippen LogP contribution < -0.4 is 11.1 Å². The van der Waals surface area contributed by atoms with Crippen molar-refractivity contribution < 1.29 is 4.74 Å². The van der Waals surface area contributed by atoms with E-state index in [-0.39, 0.29) is 30.0 Å². The third-order valence-electron chi connectivity index (χ3n) is 2.28. The summed E-state index contributed by atoms with van der Waals surface area (Å²) in [7, 11) is 1.67. The quantitative estimate of drug-likeness (QED) is 0.451. The zero-order valence-electron chi connectivity index (χ0n) is 11.1. The summed E-state index contributed by atoms with van der Waals surface area (Å²) < 4.78 is 5.01. The van der Waals surface area contributed by atoms with Crippen LogP contribution in [0.4, 0.5) is 0 Å². The van der Waals surface area contributed by atoms with Crippen LogP contribution in [0, 0.1) is 0 Å². The standard InChI is InChI=1S/C12H21N3OS.HI/c1-4-10-5-6-11(17-10)7-14-12(13)15-9(2)8-16-3;/h5-6,9H,4,7-8H2,1-3H3,(H3,13,14,15);1H. The van der Waals surface area contributed by atoms with Gasteiger partial charge in [0.15, 0.2) is 5.96 Å². The van der Waals surface area contributed by atoms with Crippen LogP contribution in [0.2, 0.25) is 0 Å². The van der Waals surface area contributed by atoms with Crippen LogP contribution in [0.5, 0.6) is 0 Å². The maximum atomic E-state index is 5.78. The maximum Gasteiger partial charge on any atom is 0.189 e. The highest BCUT2D eigenvalue weighted by atomic mass is 127. The van der Waals surface area contributed by atoms with Gasteiger partial charge < -0.3 is 15.8 Å². The molecule has 18 heavy (non-hydrogen) atoms. The van der Waals surface area contributed by atoms with Crippen molar-refractivity contribution >= 4 is 41.3 Å². The van der Waals surface area contributed by atoms with Crippen LogP contribution in [0.15, 0.2) is 17.1 Å². The van der Waals surface area contributed by atoms with Crippen LogP contribution in [-0.2, 0) is 17.7 Å². The monoisotopic (exact) mass is 383 g/mol. The van der Waals surface area contributed by atoms with E-state index in [4.69, 9.17) is 10.5 Å². The van der Waals surface area contributed by atoms with Crippen LogP contribution >= 0.6 is 35.3 Å². The summed E-state index contributed by atoms with van der Waals surface area (Å²) in [4.78, 5) is 6.93. The number of aryl methyl sites for hydroxylation is 1. The van der Waals surface area contributed by atoms with Crippen molar-refractivity contribution in [2.45, 2.75) is 32.9 Å². The molecule has 1 aromatic rings. The summed E-state index contributed by atoms with van der Waals surface area (Å²) >= 11 is 1.79. The zero-order valence-corrected chi connectivity index (χ0v) is 14.2. The highest BCUT2D eigenvalue weighted by Gasteiger charge is 2.02. The Morgan fingerprint density at radius 2 is 2.17 bits per heavy atom. The lowest BCUT2D eigenvalue weighted by Gasteiger charge is -2.12. The SMILES string of the molecule is CCc1ccc(CN=C(N)NC(C)COC)s1.I. The molecule has 6 heteroatoms.